The van der Waals surface area contributed by atoms with Crippen LogP contribution in [-0.2, 0) is 5.54 Å². The Bertz CT molecular complexity index is 980. The lowest BCUT2D eigenvalue weighted by atomic mass is 9.83. The van der Waals surface area contributed by atoms with Gasteiger partial charge in [0.2, 0.25) is 0 Å². The van der Waals surface area contributed by atoms with Gasteiger partial charge in [-0.1, -0.05) is 42.6 Å². The summed E-state index contributed by atoms with van der Waals surface area (Å²) in [4.78, 5) is 0. The van der Waals surface area contributed by atoms with Crippen LogP contribution >= 0.6 is 23.5 Å². The van der Waals surface area contributed by atoms with E-state index >= 15 is 0 Å². The number of nitriles is 1. The summed E-state index contributed by atoms with van der Waals surface area (Å²) in [6.45, 7) is 2.06. The van der Waals surface area contributed by atoms with Crippen LogP contribution in [0.25, 0.3) is 10.9 Å². The third-order valence-electron chi connectivity index (χ3n) is 4.89. The Morgan fingerprint density at radius 2 is 2.07 bits per heavy atom. The summed E-state index contributed by atoms with van der Waals surface area (Å²) >= 11 is 7.47. The lowest BCUT2D eigenvalue weighted by Gasteiger charge is -2.34. The molecule has 0 bridgehead atoms. The van der Waals surface area contributed by atoms with E-state index in [2.05, 4.69) is 22.8 Å². The first-order valence-corrected chi connectivity index (χ1v) is 10.3. The number of fused-ring (bicyclic) bond motifs is 1. The first-order chi connectivity index (χ1) is 13.1. The summed E-state index contributed by atoms with van der Waals surface area (Å²) < 4.78 is 19.3. The molecule has 0 aliphatic carbocycles. The van der Waals surface area contributed by atoms with Crippen molar-refractivity contribution in [1.29, 1.82) is 5.26 Å². The van der Waals surface area contributed by atoms with Crippen molar-refractivity contribution < 1.29 is 4.39 Å². The molecule has 0 saturated heterocycles. The standard InChI is InChI=1S/C20H20ClFN4S/c1-3-20(9-4-10-23,14-5-7-15(21)8-6-14)26-19-12-16(22)11-18(25-27-2)17(19)13-24-26/h5-8,11-13,25H,3-4,9H2,1-2H3. The second kappa shape index (κ2) is 8.20. The van der Waals surface area contributed by atoms with Crippen molar-refractivity contribution in [3.8, 4) is 6.07 Å². The number of anilines is 1. The Hall–Kier alpha value is -2.23. The van der Waals surface area contributed by atoms with E-state index in [0.29, 0.717) is 35.5 Å². The van der Waals surface area contributed by atoms with E-state index < -0.39 is 5.54 Å². The van der Waals surface area contributed by atoms with E-state index in [4.69, 9.17) is 11.6 Å². The molecule has 1 aromatic heterocycles. The van der Waals surface area contributed by atoms with Crippen molar-refractivity contribution in [3.63, 3.8) is 0 Å². The summed E-state index contributed by atoms with van der Waals surface area (Å²) in [5.41, 5.74) is 1.82. The molecule has 0 radical (unpaired) electrons. The molecule has 2 aromatic carbocycles. The van der Waals surface area contributed by atoms with Crippen LogP contribution < -0.4 is 4.72 Å². The lowest BCUT2D eigenvalue weighted by molar-refractivity contribution is 0.298. The molecule has 1 N–H and O–H groups in total. The SMILES string of the molecule is CCC(CCC#N)(c1ccc(Cl)cc1)n1ncc2c(NSC)cc(F)cc21. The number of nitrogens with one attached hydrogen (secondary N) is 1. The van der Waals surface area contributed by atoms with Gasteiger partial charge < -0.3 is 4.72 Å². The van der Waals surface area contributed by atoms with Gasteiger partial charge in [-0.2, -0.15) is 10.4 Å². The number of hydrogen-bond donors (Lipinski definition) is 1. The Kier molecular flexibility index (Phi) is 5.93. The fourth-order valence-electron chi connectivity index (χ4n) is 3.55. The highest BCUT2D eigenvalue weighted by Crippen LogP contribution is 2.39. The first-order valence-electron chi connectivity index (χ1n) is 8.65. The van der Waals surface area contributed by atoms with Crippen molar-refractivity contribution in [1.82, 2.24) is 9.78 Å². The zero-order valence-electron chi connectivity index (χ0n) is 15.2. The Morgan fingerprint density at radius 1 is 1.33 bits per heavy atom. The predicted molar refractivity (Wildman–Crippen MR) is 110 cm³/mol. The lowest BCUT2D eigenvalue weighted by Crippen LogP contribution is -2.35. The maximum atomic E-state index is 14.3. The maximum Gasteiger partial charge on any atom is 0.127 e. The minimum atomic E-state index is -0.563. The van der Waals surface area contributed by atoms with Crippen molar-refractivity contribution >= 4 is 40.1 Å². The van der Waals surface area contributed by atoms with Gasteiger partial charge in [0.1, 0.15) is 5.82 Å². The molecule has 3 aromatic rings. The summed E-state index contributed by atoms with van der Waals surface area (Å²) in [6.07, 6.45) is 5.27. The maximum absolute atomic E-state index is 14.3. The van der Waals surface area contributed by atoms with Crippen molar-refractivity contribution in [2.24, 2.45) is 0 Å². The molecule has 1 unspecified atom stereocenters. The molecule has 4 nitrogen and oxygen atoms in total. The molecule has 3 rings (SSSR count). The monoisotopic (exact) mass is 402 g/mol. The van der Waals surface area contributed by atoms with Gasteiger partial charge in [-0.25, -0.2) is 4.39 Å². The van der Waals surface area contributed by atoms with Crippen molar-refractivity contribution in [3.05, 3.63) is 59.0 Å². The third kappa shape index (κ3) is 3.62. The van der Waals surface area contributed by atoms with Crippen LogP contribution in [-0.4, -0.2) is 16.0 Å². The Balaban J connectivity index is 2.26. The second-order valence-corrected chi connectivity index (χ2v) is 7.35. The minimum Gasteiger partial charge on any atom is -0.329 e. The normalized spacial score (nSPS) is 13.3. The molecule has 1 heterocycles. The zero-order chi connectivity index (χ0) is 19.4. The largest absolute Gasteiger partial charge is 0.329 e. The molecule has 0 amide bonds. The smallest absolute Gasteiger partial charge is 0.127 e. The summed E-state index contributed by atoms with van der Waals surface area (Å²) in [5, 5.41) is 15.3. The zero-order valence-corrected chi connectivity index (χ0v) is 16.7. The summed E-state index contributed by atoms with van der Waals surface area (Å²) in [5.74, 6) is -0.331. The molecule has 0 spiro atoms. The van der Waals surface area contributed by atoms with E-state index in [1.165, 1.54) is 24.1 Å². The highest BCUT2D eigenvalue weighted by molar-refractivity contribution is 7.99. The van der Waals surface area contributed by atoms with Crippen LogP contribution in [0.1, 0.15) is 31.7 Å². The number of hydrogen-bond acceptors (Lipinski definition) is 4. The van der Waals surface area contributed by atoms with E-state index in [1.807, 2.05) is 35.2 Å². The van der Waals surface area contributed by atoms with Gasteiger partial charge in [0.15, 0.2) is 0 Å². The van der Waals surface area contributed by atoms with E-state index in [0.717, 1.165) is 10.9 Å². The number of halogens is 2. The molecule has 0 aliphatic heterocycles. The van der Waals surface area contributed by atoms with E-state index in [1.54, 1.807) is 6.20 Å². The minimum absolute atomic E-state index is 0.331. The van der Waals surface area contributed by atoms with Crippen molar-refractivity contribution in [2.75, 3.05) is 11.0 Å². The van der Waals surface area contributed by atoms with Gasteiger partial charge in [0.05, 0.1) is 29.0 Å². The van der Waals surface area contributed by atoms with Gasteiger partial charge in [-0.3, -0.25) is 4.68 Å². The Morgan fingerprint density at radius 3 is 2.70 bits per heavy atom. The van der Waals surface area contributed by atoms with Crippen LogP contribution in [0, 0.1) is 17.1 Å². The van der Waals surface area contributed by atoms with Crippen LogP contribution in [0.5, 0.6) is 0 Å². The quantitative estimate of drug-likeness (QED) is 0.494. The molecule has 0 aliphatic rings. The molecule has 7 heteroatoms. The van der Waals surface area contributed by atoms with Gasteiger partial charge in [0.25, 0.3) is 0 Å². The number of nitrogens with zero attached hydrogens (tertiary/aromatic N) is 3. The molecule has 27 heavy (non-hydrogen) atoms. The molecule has 140 valence electrons. The van der Waals surface area contributed by atoms with Crippen LogP contribution in [0.4, 0.5) is 10.1 Å². The number of aromatic nitrogens is 2. The van der Waals surface area contributed by atoms with Gasteiger partial charge >= 0.3 is 0 Å². The summed E-state index contributed by atoms with van der Waals surface area (Å²) in [6, 6.07) is 12.8. The van der Waals surface area contributed by atoms with Gasteiger partial charge in [0, 0.05) is 23.1 Å². The number of benzene rings is 2. The Labute approximate surface area is 167 Å². The number of rotatable bonds is 7. The topological polar surface area (TPSA) is 53.6 Å². The fraction of sp³-hybridized carbons (Fsp3) is 0.300. The molecule has 0 saturated carbocycles. The first kappa shape index (κ1) is 19.5. The average molecular weight is 403 g/mol. The highest BCUT2D eigenvalue weighted by Gasteiger charge is 2.34. The van der Waals surface area contributed by atoms with Crippen LogP contribution in [0.3, 0.4) is 0 Å². The molecular weight excluding hydrogens is 383 g/mol. The molecular formula is C20H20ClFN4S. The second-order valence-electron chi connectivity index (χ2n) is 6.30. The third-order valence-corrected chi connectivity index (χ3v) is 5.56. The van der Waals surface area contributed by atoms with Crippen molar-refractivity contribution in [2.45, 2.75) is 31.7 Å². The fourth-order valence-corrected chi connectivity index (χ4v) is 4.07. The van der Waals surface area contributed by atoms with E-state index in [-0.39, 0.29) is 5.82 Å². The highest BCUT2D eigenvalue weighted by atomic mass is 35.5. The molecule has 0 fully saturated rings. The van der Waals surface area contributed by atoms with E-state index in [9.17, 15) is 9.65 Å². The average Bonchev–Trinajstić information content (AvgIpc) is 3.08. The van der Waals surface area contributed by atoms with Crippen LogP contribution in [0.2, 0.25) is 5.02 Å². The molecule has 1 atom stereocenters. The van der Waals surface area contributed by atoms with Gasteiger partial charge in [-0.15, -0.1) is 0 Å². The predicted octanol–water partition coefficient (Wildman–Crippen LogP) is 5.98. The van der Waals surface area contributed by atoms with Crippen LogP contribution in [0.15, 0.2) is 42.6 Å². The summed E-state index contributed by atoms with van der Waals surface area (Å²) in [7, 11) is 0. The van der Waals surface area contributed by atoms with Gasteiger partial charge in [-0.05, 0) is 42.7 Å².